The van der Waals surface area contributed by atoms with Crippen molar-refractivity contribution in [1.82, 2.24) is 9.88 Å². The van der Waals surface area contributed by atoms with Crippen LogP contribution < -0.4 is 15.0 Å². The Balaban J connectivity index is 1.54. The number of nitrogens with one attached hydrogen (secondary N) is 1. The SMILES string of the molecule is CCOc1ccc2nc(NC(=O)CN3C(=O)CN(C)C(=O)c4ccccc43)sc2c1. The molecule has 154 valence electrons. The Bertz CT molecular complexity index is 1140. The Kier molecular flexibility index (Phi) is 5.37. The van der Waals surface area contributed by atoms with Crippen LogP contribution in [0.1, 0.15) is 17.3 Å². The minimum absolute atomic E-state index is 0.0951. The molecule has 0 saturated heterocycles. The maximum Gasteiger partial charge on any atom is 0.256 e. The van der Waals surface area contributed by atoms with E-state index < -0.39 is 0 Å². The molecule has 3 aromatic rings. The van der Waals surface area contributed by atoms with Crippen LogP contribution in [0.3, 0.4) is 0 Å². The molecule has 0 unspecified atom stereocenters. The highest BCUT2D eigenvalue weighted by Crippen LogP contribution is 2.30. The molecule has 0 aliphatic carbocycles. The van der Waals surface area contributed by atoms with Crippen molar-refractivity contribution in [3.63, 3.8) is 0 Å². The van der Waals surface area contributed by atoms with Crippen molar-refractivity contribution < 1.29 is 19.1 Å². The Morgan fingerprint density at radius 2 is 2.03 bits per heavy atom. The van der Waals surface area contributed by atoms with Crippen LogP contribution in [0.25, 0.3) is 10.2 Å². The smallest absolute Gasteiger partial charge is 0.256 e. The molecular weight excluding hydrogens is 404 g/mol. The number of hydrogen-bond donors (Lipinski definition) is 1. The lowest BCUT2D eigenvalue weighted by Gasteiger charge is -2.21. The Labute approximate surface area is 177 Å². The number of para-hydroxylation sites is 1. The van der Waals surface area contributed by atoms with E-state index in [1.165, 1.54) is 21.1 Å². The number of nitrogens with zero attached hydrogens (tertiary/aromatic N) is 3. The van der Waals surface area contributed by atoms with Gasteiger partial charge in [-0.25, -0.2) is 4.98 Å². The number of ether oxygens (including phenoxy) is 1. The molecule has 3 amide bonds. The summed E-state index contributed by atoms with van der Waals surface area (Å²) in [5, 5.41) is 3.20. The Hall–Kier alpha value is -3.46. The second-order valence-corrected chi connectivity index (χ2v) is 7.82. The fourth-order valence-corrected chi connectivity index (χ4v) is 4.19. The van der Waals surface area contributed by atoms with Gasteiger partial charge in [0.25, 0.3) is 5.91 Å². The van der Waals surface area contributed by atoms with E-state index >= 15 is 0 Å². The monoisotopic (exact) mass is 424 g/mol. The van der Waals surface area contributed by atoms with Crippen molar-refractivity contribution in [3.8, 4) is 5.75 Å². The molecule has 2 heterocycles. The first-order valence-corrected chi connectivity index (χ1v) is 10.3. The molecule has 1 N–H and O–H groups in total. The highest BCUT2D eigenvalue weighted by atomic mass is 32.1. The van der Waals surface area contributed by atoms with Crippen LogP contribution >= 0.6 is 11.3 Å². The van der Waals surface area contributed by atoms with Gasteiger partial charge in [0.15, 0.2) is 5.13 Å². The fourth-order valence-electron chi connectivity index (χ4n) is 3.28. The lowest BCUT2D eigenvalue weighted by molar-refractivity contribution is -0.121. The molecule has 0 bridgehead atoms. The molecule has 0 fully saturated rings. The number of amides is 3. The molecule has 0 spiro atoms. The van der Waals surface area contributed by atoms with Gasteiger partial charge >= 0.3 is 0 Å². The molecule has 1 aromatic heterocycles. The van der Waals surface area contributed by atoms with Crippen molar-refractivity contribution in [2.24, 2.45) is 0 Å². The van der Waals surface area contributed by atoms with Gasteiger partial charge in [0.2, 0.25) is 11.8 Å². The van der Waals surface area contributed by atoms with Gasteiger partial charge in [-0.05, 0) is 37.3 Å². The number of carbonyl (C=O) groups excluding carboxylic acids is 3. The van der Waals surface area contributed by atoms with Crippen molar-refractivity contribution in [3.05, 3.63) is 48.0 Å². The third kappa shape index (κ3) is 3.84. The van der Waals surface area contributed by atoms with Gasteiger partial charge in [0, 0.05) is 7.05 Å². The van der Waals surface area contributed by atoms with Gasteiger partial charge in [0.05, 0.1) is 28.1 Å². The molecule has 1 aliphatic heterocycles. The quantitative estimate of drug-likeness (QED) is 0.680. The second-order valence-electron chi connectivity index (χ2n) is 6.79. The van der Waals surface area contributed by atoms with Gasteiger partial charge in [-0.3, -0.25) is 14.4 Å². The van der Waals surface area contributed by atoms with Crippen molar-refractivity contribution >= 4 is 50.1 Å². The largest absolute Gasteiger partial charge is 0.494 e. The summed E-state index contributed by atoms with van der Waals surface area (Å²) in [4.78, 5) is 45.0. The van der Waals surface area contributed by atoms with Crippen LogP contribution in [-0.2, 0) is 9.59 Å². The number of hydrogen-bond acceptors (Lipinski definition) is 6. The second kappa shape index (κ2) is 8.11. The Morgan fingerprint density at radius 1 is 1.23 bits per heavy atom. The minimum atomic E-state index is -0.390. The van der Waals surface area contributed by atoms with Gasteiger partial charge in [-0.15, -0.1) is 0 Å². The average Bonchev–Trinajstić information content (AvgIpc) is 3.09. The summed E-state index contributed by atoms with van der Waals surface area (Å²) in [6.45, 7) is 2.17. The highest BCUT2D eigenvalue weighted by Gasteiger charge is 2.30. The summed E-state index contributed by atoms with van der Waals surface area (Å²) >= 11 is 1.33. The first-order chi connectivity index (χ1) is 14.5. The lowest BCUT2D eigenvalue weighted by atomic mass is 10.1. The fraction of sp³-hybridized carbons (Fsp3) is 0.238. The molecule has 9 heteroatoms. The molecule has 0 atom stereocenters. The van der Waals surface area contributed by atoms with E-state index in [1.54, 1.807) is 31.3 Å². The van der Waals surface area contributed by atoms with Crippen LogP contribution in [0, 0.1) is 0 Å². The summed E-state index contributed by atoms with van der Waals surface area (Å²) in [5.74, 6) is -0.221. The summed E-state index contributed by atoms with van der Waals surface area (Å²) in [5.41, 5.74) is 1.57. The van der Waals surface area contributed by atoms with E-state index in [-0.39, 0.29) is 30.8 Å². The van der Waals surface area contributed by atoms with Crippen LogP contribution in [-0.4, -0.2) is 54.3 Å². The maximum absolute atomic E-state index is 12.7. The highest BCUT2D eigenvalue weighted by molar-refractivity contribution is 7.22. The van der Waals surface area contributed by atoms with Crippen molar-refractivity contribution in [2.45, 2.75) is 6.92 Å². The average molecular weight is 424 g/mol. The molecule has 2 aromatic carbocycles. The summed E-state index contributed by atoms with van der Waals surface area (Å²) in [7, 11) is 1.57. The zero-order valence-corrected chi connectivity index (χ0v) is 17.4. The number of likely N-dealkylation sites (N-methyl/N-ethyl adjacent to an activating group) is 1. The number of benzene rings is 2. The van der Waals surface area contributed by atoms with Crippen LogP contribution in [0.15, 0.2) is 42.5 Å². The molecule has 8 nitrogen and oxygen atoms in total. The zero-order chi connectivity index (χ0) is 21.3. The van der Waals surface area contributed by atoms with E-state index in [1.807, 2.05) is 25.1 Å². The van der Waals surface area contributed by atoms with Crippen molar-refractivity contribution in [2.75, 3.05) is 37.0 Å². The zero-order valence-electron chi connectivity index (χ0n) is 16.5. The molecule has 1 aliphatic rings. The Morgan fingerprint density at radius 3 is 2.83 bits per heavy atom. The number of rotatable bonds is 5. The first-order valence-electron chi connectivity index (χ1n) is 9.44. The number of aromatic nitrogens is 1. The third-order valence-electron chi connectivity index (χ3n) is 4.66. The lowest BCUT2D eigenvalue weighted by Crippen LogP contribution is -2.41. The van der Waals surface area contributed by atoms with Crippen LogP contribution in [0.2, 0.25) is 0 Å². The summed E-state index contributed by atoms with van der Waals surface area (Å²) in [6, 6.07) is 12.3. The van der Waals surface area contributed by atoms with Gasteiger partial charge in [-0.2, -0.15) is 0 Å². The predicted octanol–water partition coefficient (Wildman–Crippen LogP) is 2.75. The van der Waals surface area contributed by atoms with Crippen LogP contribution in [0.5, 0.6) is 5.75 Å². The molecule has 0 saturated carbocycles. The van der Waals surface area contributed by atoms with Gasteiger partial charge in [0.1, 0.15) is 18.8 Å². The van der Waals surface area contributed by atoms with Gasteiger partial charge in [-0.1, -0.05) is 23.5 Å². The van der Waals surface area contributed by atoms with E-state index in [9.17, 15) is 14.4 Å². The minimum Gasteiger partial charge on any atom is -0.494 e. The molecule has 0 radical (unpaired) electrons. The van der Waals surface area contributed by atoms with Crippen molar-refractivity contribution in [1.29, 1.82) is 0 Å². The maximum atomic E-state index is 12.7. The standard InChI is InChI=1S/C21H20N4O4S/c1-3-29-13-8-9-15-17(10-13)30-21(22-15)23-18(26)11-25-16-7-5-4-6-14(16)20(28)24(2)12-19(25)27/h4-10H,3,11-12H2,1-2H3,(H,22,23,26). The van der Waals surface area contributed by atoms with E-state index in [0.29, 0.717) is 23.0 Å². The molecular formula is C21H20N4O4S. The summed E-state index contributed by atoms with van der Waals surface area (Å²) in [6.07, 6.45) is 0. The molecule has 4 rings (SSSR count). The number of fused-ring (bicyclic) bond motifs is 2. The number of anilines is 2. The van der Waals surface area contributed by atoms with Gasteiger partial charge < -0.3 is 19.9 Å². The summed E-state index contributed by atoms with van der Waals surface area (Å²) < 4.78 is 6.38. The first kappa shape index (κ1) is 19.8. The normalized spacial score (nSPS) is 13.9. The third-order valence-corrected chi connectivity index (χ3v) is 5.60. The number of carbonyl (C=O) groups is 3. The molecule has 30 heavy (non-hydrogen) atoms. The van der Waals surface area contributed by atoms with E-state index in [0.717, 1.165) is 16.0 Å². The van der Waals surface area contributed by atoms with E-state index in [4.69, 9.17) is 4.74 Å². The van der Waals surface area contributed by atoms with Crippen LogP contribution in [0.4, 0.5) is 10.8 Å². The van der Waals surface area contributed by atoms with E-state index in [2.05, 4.69) is 10.3 Å². The topological polar surface area (TPSA) is 91.8 Å². The predicted molar refractivity (Wildman–Crippen MR) is 115 cm³/mol. The number of thiazole rings is 1.